The van der Waals surface area contributed by atoms with E-state index in [1.807, 2.05) is 30.3 Å². The summed E-state index contributed by atoms with van der Waals surface area (Å²) in [7, 11) is -7.54. The summed E-state index contributed by atoms with van der Waals surface area (Å²) >= 11 is 5.88. The van der Waals surface area contributed by atoms with Gasteiger partial charge in [-0.05, 0) is 66.8 Å². The second-order valence-electron chi connectivity index (χ2n) is 9.14. The first-order valence-corrected chi connectivity index (χ1v) is 15.6. The van der Waals surface area contributed by atoms with Gasteiger partial charge in [-0.2, -0.15) is 9.03 Å². The molecule has 0 saturated carbocycles. The number of sulfonamides is 2. The van der Waals surface area contributed by atoms with E-state index in [2.05, 4.69) is 10.0 Å². The largest absolute Gasteiger partial charge is 0.351 e. The van der Waals surface area contributed by atoms with Gasteiger partial charge in [0.05, 0.1) is 9.79 Å². The predicted octanol–water partition coefficient (Wildman–Crippen LogP) is 3.72. The fraction of sp³-hybridized carbons (Fsp3) is 0.296. The Morgan fingerprint density at radius 3 is 2.03 bits per heavy atom. The standard InChI is InChI=1S/C27H30ClN3O5S2/c28-23-11-15-24(16-12-23)37(33,34)30-26(19-21-7-3-1-4-8-21)27(32)29-20-22-9-13-25(14-10-22)38(35,36)31-17-5-2-6-18-31/h1,3-4,7-16,26,30H,2,5-6,17-20H2,(H,29,32)/t26-/m1/s1. The Morgan fingerprint density at radius 1 is 0.789 bits per heavy atom. The van der Waals surface area contributed by atoms with E-state index in [1.54, 1.807) is 12.1 Å². The molecule has 1 heterocycles. The normalized spacial score (nSPS) is 15.6. The summed E-state index contributed by atoms with van der Waals surface area (Å²) in [5.74, 6) is -0.503. The Hall–Kier alpha value is -2.76. The van der Waals surface area contributed by atoms with Crippen molar-refractivity contribution < 1.29 is 21.6 Å². The molecule has 0 spiro atoms. The zero-order chi connectivity index (χ0) is 27.2. The summed E-state index contributed by atoms with van der Waals surface area (Å²) in [6.45, 7) is 1.15. The van der Waals surface area contributed by atoms with Crippen molar-refractivity contribution in [2.24, 2.45) is 0 Å². The fourth-order valence-corrected chi connectivity index (χ4v) is 7.09. The highest BCUT2D eigenvalue weighted by Crippen LogP contribution is 2.21. The molecule has 202 valence electrons. The molecule has 4 rings (SSSR count). The topological polar surface area (TPSA) is 113 Å². The Labute approximate surface area is 229 Å². The van der Waals surface area contributed by atoms with E-state index in [0.717, 1.165) is 24.8 Å². The van der Waals surface area contributed by atoms with E-state index in [4.69, 9.17) is 11.6 Å². The van der Waals surface area contributed by atoms with Crippen molar-refractivity contribution >= 4 is 37.6 Å². The highest BCUT2D eigenvalue weighted by Gasteiger charge is 2.27. The molecule has 0 aliphatic carbocycles. The lowest BCUT2D eigenvalue weighted by molar-refractivity contribution is -0.122. The lowest BCUT2D eigenvalue weighted by Crippen LogP contribution is -2.47. The third-order valence-corrected chi connectivity index (χ3v) is 10.0. The van der Waals surface area contributed by atoms with E-state index in [9.17, 15) is 21.6 Å². The van der Waals surface area contributed by atoms with Crippen molar-refractivity contribution in [3.8, 4) is 0 Å². The molecule has 0 unspecified atom stereocenters. The number of nitrogens with zero attached hydrogens (tertiary/aromatic N) is 1. The average molecular weight is 576 g/mol. The third kappa shape index (κ3) is 7.21. The van der Waals surface area contributed by atoms with Crippen LogP contribution < -0.4 is 10.0 Å². The van der Waals surface area contributed by atoms with Gasteiger partial charge in [-0.3, -0.25) is 4.79 Å². The maximum atomic E-state index is 13.2. The fourth-order valence-electron chi connectivity index (χ4n) is 4.25. The molecule has 2 N–H and O–H groups in total. The smallest absolute Gasteiger partial charge is 0.243 e. The average Bonchev–Trinajstić information content (AvgIpc) is 2.93. The summed E-state index contributed by atoms with van der Waals surface area (Å²) in [4.78, 5) is 13.4. The SMILES string of the molecule is O=C(NCc1ccc(S(=O)(=O)N2CCCCC2)cc1)[C@@H](Cc1ccccc1)NS(=O)(=O)c1ccc(Cl)cc1. The van der Waals surface area contributed by atoms with Crippen LogP contribution in [0.15, 0.2) is 88.7 Å². The summed E-state index contributed by atoms with van der Waals surface area (Å²) in [6, 6.07) is 20.1. The van der Waals surface area contributed by atoms with Crippen LogP contribution in [0.5, 0.6) is 0 Å². The highest BCUT2D eigenvalue weighted by molar-refractivity contribution is 7.89. The highest BCUT2D eigenvalue weighted by atomic mass is 35.5. The predicted molar refractivity (Wildman–Crippen MR) is 147 cm³/mol. The van der Waals surface area contributed by atoms with E-state index >= 15 is 0 Å². The number of amides is 1. The van der Waals surface area contributed by atoms with Crippen LogP contribution in [0, 0.1) is 0 Å². The third-order valence-electron chi connectivity index (χ3n) is 6.36. The summed E-state index contributed by atoms with van der Waals surface area (Å²) in [5.41, 5.74) is 1.48. The van der Waals surface area contributed by atoms with Gasteiger partial charge in [0.15, 0.2) is 0 Å². The van der Waals surface area contributed by atoms with Crippen molar-refractivity contribution in [3.05, 3.63) is 95.0 Å². The molecule has 1 aliphatic rings. The van der Waals surface area contributed by atoms with Crippen LogP contribution >= 0.6 is 11.6 Å². The maximum absolute atomic E-state index is 13.2. The molecule has 1 fully saturated rings. The number of hydrogen-bond donors (Lipinski definition) is 2. The van der Waals surface area contributed by atoms with Crippen molar-refractivity contribution in [2.45, 2.75) is 48.1 Å². The van der Waals surface area contributed by atoms with Gasteiger partial charge in [0.25, 0.3) is 0 Å². The first-order chi connectivity index (χ1) is 18.1. The molecular weight excluding hydrogens is 546 g/mol. The van der Waals surface area contributed by atoms with Crippen LogP contribution in [0.3, 0.4) is 0 Å². The summed E-state index contributed by atoms with van der Waals surface area (Å²) < 4.78 is 55.8. The van der Waals surface area contributed by atoms with Crippen LogP contribution in [0.2, 0.25) is 5.02 Å². The minimum absolute atomic E-state index is 0.00161. The van der Waals surface area contributed by atoms with Crippen molar-refractivity contribution in [3.63, 3.8) is 0 Å². The quantitative estimate of drug-likeness (QED) is 0.383. The van der Waals surface area contributed by atoms with Gasteiger partial charge in [-0.15, -0.1) is 0 Å². The lowest BCUT2D eigenvalue weighted by Gasteiger charge is -2.25. The maximum Gasteiger partial charge on any atom is 0.243 e. The van der Waals surface area contributed by atoms with Gasteiger partial charge in [0, 0.05) is 24.7 Å². The Kier molecular flexibility index (Phi) is 9.22. The molecule has 8 nitrogen and oxygen atoms in total. The second-order valence-corrected chi connectivity index (χ2v) is 13.2. The molecule has 1 aliphatic heterocycles. The van der Waals surface area contributed by atoms with Gasteiger partial charge in [-0.25, -0.2) is 16.8 Å². The number of carbonyl (C=O) groups excluding carboxylic acids is 1. The minimum Gasteiger partial charge on any atom is -0.351 e. The molecule has 1 amide bonds. The Balaban J connectivity index is 1.45. The summed E-state index contributed by atoms with van der Waals surface area (Å²) in [6.07, 6.45) is 2.89. The molecule has 3 aromatic carbocycles. The molecule has 0 aromatic heterocycles. The summed E-state index contributed by atoms with van der Waals surface area (Å²) in [5, 5.41) is 3.18. The molecular formula is C27H30ClN3O5S2. The lowest BCUT2D eigenvalue weighted by atomic mass is 10.1. The van der Waals surface area contributed by atoms with Gasteiger partial charge in [-0.1, -0.05) is 60.5 Å². The molecule has 38 heavy (non-hydrogen) atoms. The van der Waals surface area contributed by atoms with E-state index in [-0.39, 0.29) is 22.8 Å². The first kappa shape index (κ1) is 28.3. The first-order valence-electron chi connectivity index (χ1n) is 12.3. The zero-order valence-corrected chi connectivity index (χ0v) is 23.1. The van der Waals surface area contributed by atoms with Crippen LogP contribution in [-0.2, 0) is 37.8 Å². The molecule has 0 bridgehead atoms. The van der Waals surface area contributed by atoms with Crippen LogP contribution in [-0.4, -0.2) is 46.2 Å². The monoisotopic (exact) mass is 575 g/mol. The number of rotatable bonds is 10. The van der Waals surface area contributed by atoms with Crippen molar-refractivity contribution in [2.75, 3.05) is 13.1 Å². The van der Waals surface area contributed by atoms with Gasteiger partial charge in [0.2, 0.25) is 26.0 Å². The van der Waals surface area contributed by atoms with E-state index in [1.165, 1.54) is 40.7 Å². The Bertz CT molecular complexity index is 1440. The number of nitrogens with one attached hydrogen (secondary N) is 2. The minimum atomic E-state index is -4.00. The van der Waals surface area contributed by atoms with Gasteiger partial charge >= 0.3 is 0 Å². The second kappa shape index (κ2) is 12.4. The van der Waals surface area contributed by atoms with Crippen molar-refractivity contribution in [1.82, 2.24) is 14.3 Å². The number of carbonyl (C=O) groups is 1. The van der Waals surface area contributed by atoms with Gasteiger partial charge < -0.3 is 5.32 Å². The number of piperidine rings is 1. The molecule has 11 heteroatoms. The van der Waals surface area contributed by atoms with Crippen molar-refractivity contribution in [1.29, 1.82) is 0 Å². The number of hydrogen-bond acceptors (Lipinski definition) is 5. The van der Waals surface area contributed by atoms with E-state index < -0.39 is 32.0 Å². The molecule has 3 aromatic rings. The molecule has 1 saturated heterocycles. The number of halogens is 1. The Morgan fingerprint density at radius 2 is 1.39 bits per heavy atom. The molecule has 0 radical (unpaired) electrons. The van der Waals surface area contributed by atoms with Gasteiger partial charge in [0.1, 0.15) is 6.04 Å². The van der Waals surface area contributed by atoms with Crippen LogP contribution in [0.4, 0.5) is 0 Å². The van der Waals surface area contributed by atoms with E-state index in [0.29, 0.717) is 23.7 Å². The number of benzene rings is 3. The zero-order valence-electron chi connectivity index (χ0n) is 20.7. The van der Waals surface area contributed by atoms with Crippen LogP contribution in [0.25, 0.3) is 0 Å². The molecule has 1 atom stereocenters. The van der Waals surface area contributed by atoms with Crippen LogP contribution in [0.1, 0.15) is 30.4 Å².